The summed E-state index contributed by atoms with van der Waals surface area (Å²) < 4.78 is 5.10. The molecular formula is C8H19O3PRe. The van der Waals surface area contributed by atoms with Crippen LogP contribution in [-0.2, 0) is 25.2 Å². The van der Waals surface area contributed by atoms with Crippen molar-refractivity contribution >= 4 is 8.58 Å². The monoisotopic (exact) mass is 381 g/mol. The van der Waals surface area contributed by atoms with E-state index in [1.54, 1.807) is 7.11 Å². The molecule has 0 aliphatic heterocycles. The van der Waals surface area contributed by atoms with Crippen LogP contribution in [0.1, 0.15) is 13.3 Å². The third kappa shape index (κ3) is 4.84. The maximum atomic E-state index is 9.91. The molecule has 0 aromatic carbocycles. The van der Waals surface area contributed by atoms with Crippen molar-refractivity contribution in [2.24, 2.45) is 0 Å². The normalized spacial score (nSPS) is 18.2. The molecule has 0 fully saturated rings. The van der Waals surface area contributed by atoms with E-state index in [0.29, 0.717) is 14.7 Å². The molecule has 81 valence electrons. The van der Waals surface area contributed by atoms with Crippen molar-refractivity contribution in [1.82, 2.24) is 0 Å². The zero-order valence-corrected chi connectivity index (χ0v) is 12.1. The molecule has 1 radical (unpaired) electrons. The van der Waals surface area contributed by atoms with Gasteiger partial charge >= 0.3 is 0 Å². The molecular weight excluding hydrogens is 361 g/mol. The van der Waals surface area contributed by atoms with Crippen molar-refractivity contribution in [2.45, 2.75) is 25.0 Å². The Hall–Kier alpha value is 0.972. The SMILES string of the molecule is CCC(OC)[C@](O)(CO)CPC.[Re]. The van der Waals surface area contributed by atoms with Crippen molar-refractivity contribution < 1.29 is 35.4 Å². The van der Waals surface area contributed by atoms with E-state index in [4.69, 9.17) is 9.84 Å². The van der Waals surface area contributed by atoms with Crippen molar-refractivity contribution in [3.63, 3.8) is 0 Å². The third-order valence-electron chi connectivity index (χ3n) is 2.01. The quantitative estimate of drug-likeness (QED) is 0.658. The molecule has 0 spiro atoms. The van der Waals surface area contributed by atoms with Gasteiger partial charge in [-0.05, 0) is 19.2 Å². The first-order valence-corrected chi connectivity index (χ1v) is 5.86. The summed E-state index contributed by atoms with van der Waals surface area (Å²) in [5, 5.41) is 18.9. The van der Waals surface area contributed by atoms with Crippen LogP contribution in [0.15, 0.2) is 0 Å². The average molecular weight is 380 g/mol. The summed E-state index contributed by atoms with van der Waals surface area (Å²) in [4.78, 5) is 0. The summed E-state index contributed by atoms with van der Waals surface area (Å²) in [6.45, 7) is 3.72. The molecule has 0 aliphatic rings. The second-order valence-corrected chi connectivity index (χ2v) is 3.99. The van der Waals surface area contributed by atoms with E-state index in [9.17, 15) is 5.11 Å². The van der Waals surface area contributed by atoms with Crippen LogP contribution in [0, 0.1) is 0 Å². The Kier molecular flexibility index (Phi) is 10.5. The Labute approximate surface area is 95.7 Å². The Morgan fingerprint density at radius 2 is 2.08 bits per heavy atom. The Balaban J connectivity index is 0. The topological polar surface area (TPSA) is 49.7 Å². The van der Waals surface area contributed by atoms with E-state index in [1.807, 2.05) is 13.6 Å². The molecule has 0 aromatic rings. The zero-order chi connectivity index (χ0) is 9.61. The van der Waals surface area contributed by atoms with E-state index in [1.165, 1.54) is 0 Å². The fraction of sp³-hybridized carbons (Fsp3) is 1.00. The van der Waals surface area contributed by atoms with Gasteiger partial charge in [-0.3, -0.25) is 0 Å². The number of hydrogen-bond donors (Lipinski definition) is 2. The fourth-order valence-electron chi connectivity index (χ4n) is 1.34. The first-order chi connectivity index (χ1) is 5.64. The predicted molar refractivity (Wildman–Crippen MR) is 52.2 cm³/mol. The van der Waals surface area contributed by atoms with Crippen LogP contribution in [0.4, 0.5) is 0 Å². The molecule has 3 atom stereocenters. The number of aliphatic hydroxyl groups is 2. The van der Waals surface area contributed by atoms with Crippen LogP contribution in [0.5, 0.6) is 0 Å². The van der Waals surface area contributed by atoms with Crippen molar-refractivity contribution in [3.8, 4) is 0 Å². The third-order valence-corrected chi connectivity index (χ3v) is 2.98. The molecule has 0 aromatic heterocycles. The van der Waals surface area contributed by atoms with E-state index < -0.39 is 5.60 Å². The Bertz CT molecular complexity index is 122. The summed E-state index contributed by atoms with van der Waals surface area (Å²) in [6.07, 6.45) is 1.07. The number of ether oxygens (including phenoxy) is 1. The number of hydrogen-bond acceptors (Lipinski definition) is 3. The molecule has 13 heavy (non-hydrogen) atoms. The molecule has 2 N–H and O–H groups in total. The summed E-state index contributed by atoms with van der Waals surface area (Å²) in [7, 11) is 2.19. The maximum absolute atomic E-state index is 9.91. The molecule has 0 aliphatic carbocycles. The average Bonchev–Trinajstić information content (AvgIpc) is 2.07. The van der Waals surface area contributed by atoms with Gasteiger partial charge in [0.05, 0.1) is 12.7 Å². The minimum Gasteiger partial charge on any atom is -0.393 e. The van der Waals surface area contributed by atoms with Gasteiger partial charge < -0.3 is 14.9 Å². The second-order valence-electron chi connectivity index (χ2n) is 2.92. The van der Waals surface area contributed by atoms with Gasteiger partial charge in [0.25, 0.3) is 0 Å². The van der Waals surface area contributed by atoms with E-state index in [-0.39, 0.29) is 33.1 Å². The Morgan fingerprint density at radius 3 is 2.31 bits per heavy atom. The van der Waals surface area contributed by atoms with Gasteiger partial charge in [-0.2, -0.15) is 0 Å². The van der Waals surface area contributed by atoms with Crippen LogP contribution in [0.3, 0.4) is 0 Å². The zero-order valence-electron chi connectivity index (χ0n) is 8.38. The van der Waals surface area contributed by atoms with Gasteiger partial charge in [-0.1, -0.05) is 6.92 Å². The summed E-state index contributed by atoms with van der Waals surface area (Å²) in [6, 6.07) is 0. The van der Waals surface area contributed by atoms with Crippen LogP contribution in [0.25, 0.3) is 0 Å². The van der Waals surface area contributed by atoms with Crippen LogP contribution in [0.2, 0.25) is 0 Å². The summed E-state index contributed by atoms with van der Waals surface area (Å²) in [5.41, 5.74) is -1.04. The standard InChI is InChI=1S/C8H19O3P.Re/c1-4-7(11-2)8(10,5-9)6-12-3;/h7,9-10,12H,4-6H2,1-3H3;/t7?,8-;/m0./s1. The summed E-state index contributed by atoms with van der Waals surface area (Å²) >= 11 is 0. The van der Waals surface area contributed by atoms with Gasteiger partial charge in [0.1, 0.15) is 5.60 Å². The minimum absolute atomic E-state index is 0. The smallest absolute Gasteiger partial charge is 0.117 e. The van der Waals surface area contributed by atoms with Crippen molar-refractivity contribution in [3.05, 3.63) is 0 Å². The van der Waals surface area contributed by atoms with Gasteiger partial charge in [-0.25, -0.2) is 0 Å². The molecule has 2 unspecified atom stereocenters. The van der Waals surface area contributed by atoms with Crippen molar-refractivity contribution in [1.29, 1.82) is 0 Å². The summed E-state index contributed by atoms with van der Waals surface area (Å²) in [5.74, 6) is 0. The van der Waals surface area contributed by atoms with E-state index >= 15 is 0 Å². The molecule has 0 rings (SSSR count). The molecule has 5 heteroatoms. The minimum atomic E-state index is -1.04. The van der Waals surface area contributed by atoms with Gasteiger partial charge in [0, 0.05) is 27.5 Å². The number of aliphatic hydroxyl groups excluding tert-OH is 1. The van der Waals surface area contributed by atoms with E-state index in [0.717, 1.165) is 6.42 Å². The fourth-order valence-corrected chi connectivity index (χ4v) is 2.30. The predicted octanol–water partition coefficient (Wildman–Crippen LogP) is 0.441. The first-order valence-electron chi connectivity index (χ1n) is 4.15. The second kappa shape index (κ2) is 8.29. The molecule has 3 nitrogen and oxygen atoms in total. The largest absolute Gasteiger partial charge is 0.393 e. The van der Waals surface area contributed by atoms with Crippen LogP contribution >= 0.6 is 8.58 Å². The van der Waals surface area contributed by atoms with Gasteiger partial charge in [0.2, 0.25) is 0 Å². The molecule has 0 amide bonds. The molecule has 0 saturated heterocycles. The number of rotatable bonds is 6. The van der Waals surface area contributed by atoms with Crippen LogP contribution < -0.4 is 0 Å². The first kappa shape index (κ1) is 16.4. The molecule has 0 saturated carbocycles. The van der Waals surface area contributed by atoms with E-state index in [2.05, 4.69) is 0 Å². The van der Waals surface area contributed by atoms with Crippen LogP contribution in [-0.4, -0.2) is 48.5 Å². The molecule has 0 bridgehead atoms. The van der Waals surface area contributed by atoms with Crippen molar-refractivity contribution in [2.75, 3.05) is 26.5 Å². The molecule has 0 heterocycles. The van der Waals surface area contributed by atoms with Gasteiger partial charge in [0.15, 0.2) is 0 Å². The van der Waals surface area contributed by atoms with Gasteiger partial charge in [-0.15, -0.1) is 8.58 Å². The number of methoxy groups -OCH3 is 1. The maximum Gasteiger partial charge on any atom is 0.117 e. The Morgan fingerprint density at radius 1 is 1.54 bits per heavy atom.